The van der Waals surface area contributed by atoms with E-state index in [1.165, 1.54) is 4.68 Å². The Morgan fingerprint density at radius 3 is 2.15 bits per heavy atom. The predicted octanol–water partition coefficient (Wildman–Crippen LogP) is 4.85. The van der Waals surface area contributed by atoms with Gasteiger partial charge in [-0.15, -0.1) is 10.2 Å². The first kappa shape index (κ1) is 24.1. The minimum atomic E-state index is -3.66. The van der Waals surface area contributed by atoms with Gasteiger partial charge in [0, 0.05) is 10.8 Å². The molecule has 2 heterocycles. The number of sulfonamides is 1. The normalized spacial score (nSPS) is 12.8. The summed E-state index contributed by atoms with van der Waals surface area (Å²) < 4.78 is 28.4. The van der Waals surface area contributed by atoms with Gasteiger partial charge in [0.1, 0.15) is 11.6 Å². The molecule has 0 unspecified atom stereocenters. The van der Waals surface area contributed by atoms with Crippen LogP contribution >= 0.6 is 0 Å². The predicted molar refractivity (Wildman–Crippen MR) is 127 cm³/mol. The average Bonchev–Trinajstić information content (AvgIpc) is 3.26. The molecule has 0 aliphatic carbocycles. The van der Waals surface area contributed by atoms with Crippen LogP contribution < -0.4 is 4.72 Å². The van der Waals surface area contributed by atoms with Crippen LogP contribution in [-0.2, 0) is 20.9 Å². The Bertz CT molecular complexity index is 1330. The molecule has 0 saturated carbocycles. The molecule has 174 valence electrons. The highest BCUT2D eigenvalue weighted by Gasteiger charge is 2.30. The van der Waals surface area contributed by atoms with Gasteiger partial charge >= 0.3 is 0 Å². The van der Waals surface area contributed by atoms with Gasteiger partial charge in [-0.25, -0.2) is 13.1 Å². The SMILES string of the molecule is CC(C)(C)c1n[nH]c(/N=N/c2c(C(C)(C)C)nn(-c3ccccc3)c2NS(C)(=O)=O)c1C#N. The summed E-state index contributed by atoms with van der Waals surface area (Å²) in [5.41, 5.74) is 1.46. The number of rotatable bonds is 5. The van der Waals surface area contributed by atoms with E-state index in [-0.39, 0.29) is 28.3 Å². The summed E-state index contributed by atoms with van der Waals surface area (Å²) in [4.78, 5) is 0. The molecule has 11 heteroatoms. The van der Waals surface area contributed by atoms with E-state index in [0.29, 0.717) is 17.1 Å². The Morgan fingerprint density at radius 1 is 1.03 bits per heavy atom. The minimum Gasteiger partial charge on any atom is -0.266 e. The molecule has 10 nitrogen and oxygen atoms in total. The van der Waals surface area contributed by atoms with Crippen LogP contribution in [0.1, 0.15) is 58.5 Å². The number of aromatic amines is 1. The van der Waals surface area contributed by atoms with Crippen molar-refractivity contribution in [3.63, 3.8) is 0 Å². The largest absolute Gasteiger partial charge is 0.266 e. The number of para-hydroxylation sites is 1. The first-order chi connectivity index (χ1) is 15.2. The maximum Gasteiger partial charge on any atom is 0.231 e. The number of azo groups is 1. The van der Waals surface area contributed by atoms with Crippen LogP contribution in [0, 0.1) is 11.3 Å². The third-order valence-electron chi connectivity index (χ3n) is 4.67. The number of nitriles is 1. The molecular formula is C22H28N8O2S. The van der Waals surface area contributed by atoms with Crippen molar-refractivity contribution >= 4 is 27.3 Å². The van der Waals surface area contributed by atoms with Gasteiger partial charge in [0.25, 0.3) is 0 Å². The molecule has 0 radical (unpaired) electrons. The standard InChI is InChI=1S/C22H28N8O2S/c1-21(2,3)17-15(13-23)19(27-25-17)26-24-16-18(22(4,5)6)28-30(14-11-9-8-10-12-14)20(16)29-33(7,31)32/h8-12,29H,1-7H3,(H,25,27)/b26-24+. The van der Waals surface area contributed by atoms with Gasteiger partial charge in [-0.3, -0.25) is 9.82 Å². The fourth-order valence-corrected chi connectivity index (χ4v) is 3.72. The highest BCUT2D eigenvalue weighted by atomic mass is 32.2. The van der Waals surface area contributed by atoms with E-state index < -0.39 is 15.4 Å². The summed E-state index contributed by atoms with van der Waals surface area (Å²) in [7, 11) is -3.66. The Morgan fingerprint density at radius 2 is 1.64 bits per heavy atom. The molecule has 0 atom stereocenters. The van der Waals surface area contributed by atoms with Gasteiger partial charge in [0.15, 0.2) is 17.3 Å². The fraction of sp³-hybridized carbons (Fsp3) is 0.409. The minimum absolute atomic E-state index is 0.159. The number of anilines is 1. The van der Waals surface area contributed by atoms with Crippen LogP contribution in [0.3, 0.4) is 0 Å². The zero-order valence-electron chi connectivity index (χ0n) is 19.8. The molecule has 33 heavy (non-hydrogen) atoms. The summed E-state index contributed by atoms with van der Waals surface area (Å²) in [6, 6.07) is 11.3. The first-order valence-electron chi connectivity index (χ1n) is 10.3. The summed E-state index contributed by atoms with van der Waals surface area (Å²) in [5, 5.41) is 30.0. The number of hydrogen-bond acceptors (Lipinski definition) is 7. The molecule has 2 aromatic heterocycles. The number of H-pyrrole nitrogens is 1. The summed E-state index contributed by atoms with van der Waals surface area (Å²) in [6.07, 6.45) is 1.06. The van der Waals surface area contributed by atoms with Crippen LogP contribution in [0.5, 0.6) is 0 Å². The van der Waals surface area contributed by atoms with Gasteiger partial charge in [-0.2, -0.15) is 15.5 Å². The molecule has 0 amide bonds. The lowest BCUT2D eigenvalue weighted by Crippen LogP contribution is -2.13. The summed E-state index contributed by atoms with van der Waals surface area (Å²) in [6.45, 7) is 11.7. The second kappa shape index (κ2) is 8.44. The van der Waals surface area contributed by atoms with E-state index in [2.05, 4.69) is 36.3 Å². The second-order valence-electron chi connectivity index (χ2n) is 9.78. The van der Waals surface area contributed by atoms with Gasteiger partial charge in [0.05, 0.1) is 23.3 Å². The molecule has 0 saturated heterocycles. The first-order valence-corrected chi connectivity index (χ1v) is 12.2. The Balaban J connectivity index is 2.26. The van der Waals surface area contributed by atoms with Crippen molar-refractivity contribution < 1.29 is 8.42 Å². The average molecular weight is 469 g/mol. The lowest BCUT2D eigenvalue weighted by atomic mass is 9.90. The Labute approximate surface area is 193 Å². The van der Waals surface area contributed by atoms with E-state index in [4.69, 9.17) is 0 Å². The number of nitrogens with one attached hydrogen (secondary N) is 2. The Hall–Kier alpha value is -3.52. The van der Waals surface area contributed by atoms with Crippen molar-refractivity contribution in [2.45, 2.75) is 52.4 Å². The van der Waals surface area contributed by atoms with Gasteiger partial charge < -0.3 is 0 Å². The maximum atomic E-state index is 12.2. The summed E-state index contributed by atoms with van der Waals surface area (Å²) in [5.74, 6) is 0.353. The highest BCUT2D eigenvalue weighted by molar-refractivity contribution is 7.92. The van der Waals surface area contributed by atoms with Gasteiger partial charge in [-0.05, 0) is 12.1 Å². The number of hydrogen-bond donors (Lipinski definition) is 2. The van der Waals surface area contributed by atoms with Crippen LogP contribution in [0.2, 0.25) is 0 Å². The maximum absolute atomic E-state index is 12.2. The van der Waals surface area contributed by atoms with Gasteiger partial charge in [-0.1, -0.05) is 59.7 Å². The molecule has 0 bridgehead atoms. The molecule has 2 N–H and O–H groups in total. The van der Waals surface area contributed by atoms with E-state index in [0.717, 1.165) is 6.26 Å². The lowest BCUT2D eigenvalue weighted by Gasteiger charge is -2.15. The number of benzene rings is 1. The van der Waals surface area contributed by atoms with Crippen molar-refractivity contribution in [3.8, 4) is 11.8 Å². The van der Waals surface area contributed by atoms with Crippen molar-refractivity contribution in [2.75, 3.05) is 11.0 Å². The molecule has 3 rings (SSSR count). The third kappa shape index (κ3) is 5.28. The fourth-order valence-electron chi connectivity index (χ4n) is 3.19. The molecule has 0 aliphatic heterocycles. The monoisotopic (exact) mass is 468 g/mol. The van der Waals surface area contributed by atoms with Crippen LogP contribution in [0.25, 0.3) is 5.69 Å². The smallest absolute Gasteiger partial charge is 0.231 e. The topological polar surface area (TPSA) is 141 Å². The molecule has 1 aromatic carbocycles. The van der Waals surface area contributed by atoms with E-state index in [9.17, 15) is 13.7 Å². The highest BCUT2D eigenvalue weighted by Crippen LogP contribution is 2.40. The van der Waals surface area contributed by atoms with Crippen molar-refractivity contribution in [3.05, 3.63) is 47.3 Å². The van der Waals surface area contributed by atoms with Crippen LogP contribution in [0.15, 0.2) is 40.6 Å². The zero-order valence-corrected chi connectivity index (χ0v) is 20.6. The quantitative estimate of drug-likeness (QED) is 0.515. The Kier molecular flexibility index (Phi) is 6.17. The lowest BCUT2D eigenvalue weighted by molar-refractivity contribution is 0.561. The van der Waals surface area contributed by atoms with Gasteiger partial charge in [0.2, 0.25) is 10.0 Å². The van der Waals surface area contributed by atoms with Crippen LogP contribution in [0.4, 0.5) is 17.3 Å². The second-order valence-corrected chi connectivity index (χ2v) is 11.5. The molecule has 0 aliphatic rings. The third-order valence-corrected chi connectivity index (χ3v) is 5.24. The molecule has 3 aromatic rings. The van der Waals surface area contributed by atoms with Crippen molar-refractivity contribution in [1.29, 1.82) is 5.26 Å². The number of aromatic nitrogens is 4. The summed E-state index contributed by atoms with van der Waals surface area (Å²) >= 11 is 0. The van der Waals surface area contributed by atoms with Crippen molar-refractivity contribution in [2.24, 2.45) is 10.2 Å². The molecule has 0 fully saturated rings. The van der Waals surface area contributed by atoms with E-state index in [1.54, 1.807) is 0 Å². The van der Waals surface area contributed by atoms with E-state index in [1.807, 2.05) is 71.9 Å². The zero-order chi connectivity index (χ0) is 24.6. The molecular weight excluding hydrogens is 440 g/mol. The number of nitrogens with zero attached hydrogens (tertiary/aromatic N) is 6. The van der Waals surface area contributed by atoms with Crippen LogP contribution in [-0.4, -0.2) is 34.7 Å². The molecule has 0 spiro atoms. The van der Waals surface area contributed by atoms with Crippen molar-refractivity contribution in [1.82, 2.24) is 20.0 Å². The van der Waals surface area contributed by atoms with E-state index >= 15 is 0 Å².